The number of hydrogen-bond acceptors (Lipinski definition) is 3. The second-order valence-electron chi connectivity index (χ2n) is 2.67. The van der Waals surface area contributed by atoms with Crippen LogP contribution in [0.4, 0.5) is 0 Å². The third kappa shape index (κ3) is 2.52. The van der Waals surface area contributed by atoms with Crippen molar-refractivity contribution in [3.8, 4) is 0 Å². The lowest BCUT2D eigenvalue weighted by molar-refractivity contribution is -0.143. The monoisotopic (exact) mass is 197 g/mol. The Morgan fingerprint density at radius 3 is 1.86 bits per heavy atom. The Bertz CT molecular complexity index is 263. The van der Waals surface area contributed by atoms with Crippen molar-refractivity contribution in [2.24, 2.45) is 0 Å². The summed E-state index contributed by atoms with van der Waals surface area (Å²) in [7, 11) is 0. The highest BCUT2D eigenvalue weighted by Crippen LogP contribution is 2.08. The molecule has 4 nitrogen and oxygen atoms in total. The molecule has 1 aliphatic rings. The quantitative estimate of drug-likeness (QED) is 0.618. The highest BCUT2D eigenvalue weighted by atomic mass is 16.2. The molecule has 78 valence electrons. The number of amides is 2. The standard InChI is InChI=1S/C8H9NO3.C2H6/c1-5(6(2)10)9-7(11)3-4-8(9)12;1-2/h3-5H,1-2H3;1-2H3. The topological polar surface area (TPSA) is 54.5 Å². The van der Waals surface area contributed by atoms with Crippen molar-refractivity contribution in [2.45, 2.75) is 33.7 Å². The number of carbonyl (C=O) groups is 3. The summed E-state index contributed by atoms with van der Waals surface area (Å²) >= 11 is 0. The molecule has 2 amide bonds. The largest absolute Gasteiger partial charge is 0.298 e. The van der Waals surface area contributed by atoms with E-state index in [4.69, 9.17) is 0 Å². The molecule has 0 N–H and O–H groups in total. The van der Waals surface area contributed by atoms with Crippen molar-refractivity contribution >= 4 is 17.6 Å². The Hall–Kier alpha value is -1.45. The maximum Gasteiger partial charge on any atom is 0.254 e. The Kier molecular flexibility index (Phi) is 4.77. The average molecular weight is 197 g/mol. The first-order chi connectivity index (χ1) is 6.54. The number of carbonyl (C=O) groups excluding carboxylic acids is 3. The number of Topliss-reactive ketones (excluding diaryl/α,β-unsaturated/α-hetero) is 1. The van der Waals surface area contributed by atoms with Crippen LogP contribution < -0.4 is 0 Å². The third-order valence-corrected chi connectivity index (χ3v) is 1.82. The molecule has 0 saturated heterocycles. The van der Waals surface area contributed by atoms with Crippen LogP contribution in [0.25, 0.3) is 0 Å². The van der Waals surface area contributed by atoms with E-state index in [0.29, 0.717) is 0 Å². The minimum atomic E-state index is -0.653. The van der Waals surface area contributed by atoms with E-state index in [2.05, 4.69) is 0 Å². The molecular weight excluding hydrogens is 182 g/mol. The van der Waals surface area contributed by atoms with Crippen LogP contribution in [0.2, 0.25) is 0 Å². The normalized spacial score (nSPS) is 16.4. The van der Waals surface area contributed by atoms with Gasteiger partial charge in [-0.25, -0.2) is 0 Å². The second-order valence-corrected chi connectivity index (χ2v) is 2.67. The minimum Gasteiger partial charge on any atom is -0.298 e. The van der Waals surface area contributed by atoms with Gasteiger partial charge < -0.3 is 0 Å². The zero-order chi connectivity index (χ0) is 11.3. The Morgan fingerprint density at radius 2 is 1.57 bits per heavy atom. The fourth-order valence-electron chi connectivity index (χ4n) is 0.975. The molecule has 4 heteroatoms. The smallest absolute Gasteiger partial charge is 0.254 e. The molecule has 0 saturated carbocycles. The van der Waals surface area contributed by atoms with Crippen LogP contribution in [-0.2, 0) is 14.4 Å². The van der Waals surface area contributed by atoms with Crippen molar-refractivity contribution in [3.63, 3.8) is 0 Å². The van der Waals surface area contributed by atoms with Gasteiger partial charge in [-0.05, 0) is 13.8 Å². The number of nitrogens with zero attached hydrogens (tertiary/aromatic N) is 1. The summed E-state index contributed by atoms with van der Waals surface area (Å²) in [5.74, 6) is -1.02. The van der Waals surface area contributed by atoms with Crippen LogP contribution in [0.15, 0.2) is 12.2 Å². The molecule has 1 heterocycles. The average Bonchev–Trinajstić information content (AvgIpc) is 2.48. The van der Waals surface area contributed by atoms with Gasteiger partial charge in [-0.1, -0.05) is 13.8 Å². The highest BCUT2D eigenvalue weighted by molar-refractivity contribution is 6.15. The van der Waals surface area contributed by atoms with E-state index >= 15 is 0 Å². The van der Waals surface area contributed by atoms with Crippen LogP contribution in [-0.4, -0.2) is 28.5 Å². The molecule has 1 aliphatic heterocycles. The first-order valence-corrected chi connectivity index (χ1v) is 4.59. The predicted octanol–water partition coefficient (Wildman–Crippen LogP) is 0.915. The van der Waals surface area contributed by atoms with Crippen LogP contribution >= 0.6 is 0 Å². The number of ketones is 1. The molecule has 0 radical (unpaired) electrons. The maximum absolute atomic E-state index is 11.0. The molecule has 0 aromatic heterocycles. The number of imide groups is 1. The SMILES string of the molecule is CC.CC(=O)C(C)N1C(=O)C=CC1=O. The molecule has 0 spiro atoms. The van der Waals surface area contributed by atoms with Gasteiger partial charge in [0.15, 0.2) is 5.78 Å². The lowest BCUT2D eigenvalue weighted by Crippen LogP contribution is -2.42. The lowest BCUT2D eigenvalue weighted by atomic mass is 10.2. The highest BCUT2D eigenvalue weighted by Gasteiger charge is 2.30. The van der Waals surface area contributed by atoms with E-state index in [-0.39, 0.29) is 5.78 Å². The summed E-state index contributed by atoms with van der Waals surface area (Å²) in [4.78, 5) is 33.8. The van der Waals surface area contributed by atoms with Gasteiger partial charge in [0, 0.05) is 12.2 Å². The molecule has 0 aliphatic carbocycles. The van der Waals surface area contributed by atoms with Crippen LogP contribution in [0, 0.1) is 0 Å². The first-order valence-electron chi connectivity index (χ1n) is 4.59. The van der Waals surface area contributed by atoms with Gasteiger partial charge in [0.2, 0.25) is 0 Å². The summed E-state index contributed by atoms with van der Waals surface area (Å²) < 4.78 is 0. The van der Waals surface area contributed by atoms with E-state index in [1.54, 1.807) is 0 Å². The van der Waals surface area contributed by atoms with Gasteiger partial charge in [-0.3, -0.25) is 19.3 Å². The van der Waals surface area contributed by atoms with Gasteiger partial charge in [0.25, 0.3) is 11.8 Å². The second kappa shape index (κ2) is 5.32. The molecule has 0 bridgehead atoms. The van der Waals surface area contributed by atoms with Crippen molar-refractivity contribution < 1.29 is 14.4 Å². The van der Waals surface area contributed by atoms with Gasteiger partial charge in [0.05, 0.1) is 6.04 Å². The fraction of sp³-hybridized carbons (Fsp3) is 0.500. The van der Waals surface area contributed by atoms with Crippen molar-refractivity contribution in [3.05, 3.63) is 12.2 Å². The molecule has 1 unspecified atom stereocenters. The van der Waals surface area contributed by atoms with E-state index in [1.807, 2.05) is 13.8 Å². The molecule has 0 aromatic rings. The van der Waals surface area contributed by atoms with Crippen molar-refractivity contribution in [2.75, 3.05) is 0 Å². The fourth-order valence-corrected chi connectivity index (χ4v) is 0.975. The van der Waals surface area contributed by atoms with Gasteiger partial charge in [-0.15, -0.1) is 0 Å². The molecule has 0 fully saturated rings. The van der Waals surface area contributed by atoms with E-state index < -0.39 is 17.9 Å². The van der Waals surface area contributed by atoms with Gasteiger partial charge in [-0.2, -0.15) is 0 Å². The van der Waals surface area contributed by atoms with Gasteiger partial charge >= 0.3 is 0 Å². The van der Waals surface area contributed by atoms with E-state index in [1.165, 1.54) is 26.0 Å². The molecule has 14 heavy (non-hydrogen) atoms. The van der Waals surface area contributed by atoms with Crippen LogP contribution in [0.3, 0.4) is 0 Å². The molecule has 1 atom stereocenters. The summed E-state index contributed by atoms with van der Waals surface area (Å²) in [6.07, 6.45) is 2.34. The van der Waals surface area contributed by atoms with Crippen LogP contribution in [0.1, 0.15) is 27.7 Å². The number of rotatable bonds is 2. The summed E-state index contributed by atoms with van der Waals surface area (Å²) in [6, 6.07) is -0.653. The zero-order valence-corrected chi connectivity index (χ0v) is 8.90. The predicted molar refractivity (Wildman–Crippen MR) is 52.5 cm³/mol. The summed E-state index contributed by atoms with van der Waals surface area (Å²) in [6.45, 7) is 6.88. The Labute approximate surface area is 83.6 Å². The van der Waals surface area contributed by atoms with Crippen molar-refractivity contribution in [1.29, 1.82) is 0 Å². The Morgan fingerprint density at radius 1 is 1.21 bits per heavy atom. The van der Waals surface area contributed by atoms with Crippen molar-refractivity contribution in [1.82, 2.24) is 4.90 Å². The van der Waals surface area contributed by atoms with E-state index in [9.17, 15) is 14.4 Å². The van der Waals surface area contributed by atoms with Crippen LogP contribution in [0.5, 0.6) is 0 Å². The zero-order valence-electron chi connectivity index (χ0n) is 8.90. The van der Waals surface area contributed by atoms with Gasteiger partial charge in [0.1, 0.15) is 0 Å². The molecule has 0 aromatic carbocycles. The molecule has 1 rings (SSSR count). The molecular formula is C10H15NO3. The lowest BCUT2D eigenvalue weighted by Gasteiger charge is -2.19. The van der Waals surface area contributed by atoms with E-state index in [0.717, 1.165) is 4.90 Å². The first kappa shape index (κ1) is 12.6. The Balaban J connectivity index is 0.000000791. The minimum absolute atomic E-state index is 0.194. The maximum atomic E-state index is 11.0. The summed E-state index contributed by atoms with van der Waals surface area (Å²) in [5, 5.41) is 0. The third-order valence-electron chi connectivity index (χ3n) is 1.82. The summed E-state index contributed by atoms with van der Waals surface area (Å²) in [5.41, 5.74) is 0. The number of hydrogen-bond donors (Lipinski definition) is 0.